The molecule has 1 fully saturated rings. The van der Waals surface area contributed by atoms with E-state index in [0.29, 0.717) is 11.3 Å². The molecule has 2 heterocycles. The number of benzene rings is 1. The molecule has 3 rings (SSSR count). The zero-order valence-electron chi connectivity index (χ0n) is 8.84. The Balaban J connectivity index is 2.09. The van der Waals surface area contributed by atoms with Crippen LogP contribution in [0.5, 0.6) is 0 Å². The van der Waals surface area contributed by atoms with E-state index in [-0.39, 0.29) is 6.42 Å². The number of para-hydroxylation sites is 1. The molecule has 2 aliphatic rings. The first-order chi connectivity index (χ1) is 7.96. The van der Waals surface area contributed by atoms with Gasteiger partial charge in [0, 0.05) is 17.7 Å². The predicted octanol–water partition coefficient (Wildman–Crippen LogP) is -0.608. The van der Waals surface area contributed by atoms with E-state index in [1.807, 2.05) is 0 Å². The Hall–Kier alpha value is -1.63. The van der Waals surface area contributed by atoms with Crippen molar-refractivity contribution in [3.05, 3.63) is 29.8 Å². The normalized spacial score (nSPS) is 38.4. The Bertz CT molecular complexity index is 506. The number of carboxylic acid groups (broad SMARTS) is 1. The van der Waals surface area contributed by atoms with Gasteiger partial charge in [-0.15, -0.1) is 0 Å². The van der Waals surface area contributed by atoms with E-state index in [1.165, 1.54) is 0 Å². The van der Waals surface area contributed by atoms with E-state index < -0.39 is 23.5 Å². The summed E-state index contributed by atoms with van der Waals surface area (Å²) in [5.74, 6) is -2.92. The van der Waals surface area contributed by atoms with Crippen LogP contribution in [0.4, 0.5) is 5.69 Å². The molecule has 1 aromatic rings. The van der Waals surface area contributed by atoms with Crippen LogP contribution in [-0.4, -0.2) is 33.2 Å². The van der Waals surface area contributed by atoms with Crippen molar-refractivity contribution < 1.29 is 20.1 Å². The number of hydrogen-bond acceptors (Lipinski definition) is 5. The van der Waals surface area contributed by atoms with E-state index in [2.05, 4.69) is 10.6 Å². The summed E-state index contributed by atoms with van der Waals surface area (Å²) in [4.78, 5) is 10.9. The monoisotopic (exact) mass is 236 g/mol. The SMILES string of the molecule is O=C(O)C1CC2(O)c3ccccc3NC2(O)N1. The van der Waals surface area contributed by atoms with Crippen molar-refractivity contribution in [2.24, 2.45) is 0 Å². The second-order valence-electron chi connectivity index (χ2n) is 4.48. The van der Waals surface area contributed by atoms with Gasteiger partial charge in [0.1, 0.15) is 6.04 Å². The van der Waals surface area contributed by atoms with Crippen LogP contribution in [0, 0.1) is 0 Å². The molecule has 1 saturated heterocycles. The van der Waals surface area contributed by atoms with Crippen molar-refractivity contribution in [3.8, 4) is 0 Å². The van der Waals surface area contributed by atoms with Crippen molar-refractivity contribution in [1.82, 2.24) is 5.32 Å². The first kappa shape index (κ1) is 10.5. The summed E-state index contributed by atoms with van der Waals surface area (Å²) >= 11 is 0. The maximum atomic E-state index is 10.9. The zero-order valence-corrected chi connectivity index (χ0v) is 8.84. The number of hydrogen-bond donors (Lipinski definition) is 5. The summed E-state index contributed by atoms with van der Waals surface area (Å²) in [7, 11) is 0. The molecule has 90 valence electrons. The Morgan fingerprint density at radius 1 is 1.35 bits per heavy atom. The summed E-state index contributed by atoms with van der Waals surface area (Å²) in [6, 6.07) is 5.92. The molecule has 17 heavy (non-hydrogen) atoms. The molecule has 6 nitrogen and oxygen atoms in total. The third-order valence-electron chi connectivity index (χ3n) is 3.47. The number of aliphatic carboxylic acids is 1. The number of fused-ring (bicyclic) bond motifs is 3. The zero-order chi connectivity index (χ0) is 12.3. The molecule has 0 aromatic heterocycles. The van der Waals surface area contributed by atoms with Crippen LogP contribution >= 0.6 is 0 Å². The van der Waals surface area contributed by atoms with E-state index in [9.17, 15) is 15.0 Å². The highest BCUT2D eigenvalue weighted by atomic mass is 16.4. The van der Waals surface area contributed by atoms with E-state index in [1.54, 1.807) is 24.3 Å². The van der Waals surface area contributed by atoms with Gasteiger partial charge in [-0.25, -0.2) is 0 Å². The van der Waals surface area contributed by atoms with Gasteiger partial charge in [0.25, 0.3) is 0 Å². The third kappa shape index (κ3) is 1.17. The van der Waals surface area contributed by atoms with Crippen LogP contribution in [0.25, 0.3) is 0 Å². The minimum absolute atomic E-state index is 0.0805. The maximum Gasteiger partial charge on any atom is 0.320 e. The van der Waals surface area contributed by atoms with Gasteiger partial charge in [-0.1, -0.05) is 18.2 Å². The summed E-state index contributed by atoms with van der Waals surface area (Å²) in [5, 5.41) is 35.0. The molecule has 6 heteroatoms. The van der Waals surface area contributed by atoms with Gasteiger partial charge in [0.05, 0.1) is 0 Å². The topological polar surface area (TPSA) is 102 Å². The second kappa shape index (κ2) is 2.98. The average Bonchev–Trinajstić information content (AvgIpc) is 2.63. The van der Waals surface area contributed by atoms with Crippen molar-refractivity contribution >= 4 is 11.7 Å². The fourth-order valence-corrected chi connectivity index (χ4v) is 2.61. The van der Waals surface area contributed by atoms with Crippen LogP contribution in [0.1, 0.15) is 12.0 Å². The summed E-state index contributed by atoms with van der Waals surface area (Å²) in [5.41, 5.74) is -0.500. The molecule has 0 radical (unpaired) electrons. The number of carboxylic acids is 1. The van der Waals surface area contributed by atoms with E-state index in [0.717, 1.165) is 0 Å². The molecule has 0 bridgehead atoms. The minimum atomic E-state index is -1.82. The first-order valence-corrected chi connectivity index (χ1v) is 5.29. The van der Waals surface area contributed by atoms with E-state index in [4.69, 9.17) is 5.11 Å². The molecule has 0 spiro atoms. The predicted molar refractivity (Wildman–Crippen MR) is 58.1 cm³/mol. The van der Waals surface area contributed by atoms with E-state index >= 15 is 0 Å². The lowest BCUT2D eigenvalue weighted by atomic mass is 9.89. The molecule has 1 aromatic carbocycles. The fourth-order valence-electron chi connectivity index (χ4n) is 2.61. The van der Waals surface area contributed by atoms with Gasteiger partial charge in [-0.05, 0) is 6.07 Å². The number of aliphatic hydroxyl groups is 2. The maximum absolute atomic E-state index is 10.9. The Kier molecular flexibility index (Phi) is 1.84. The van der Waals surface area contributed by atoms with Crippen LogP contribution in [0.3, 0.4) is 0 Å². The standard InChI is InChI=1S/C11H12N2O4/c14-9(15)8-5-10(16)6-3-1-2-4-7(6)12-11(10,17)13-8/h1-4,8,12-13,16-17H,5H2,(H,14,15). The van der Waals surface area contributed by atoms with Gasteiger partial charge in [-0.2, -0.15) is 0 Å². The molecular weight excluding hydrogens is 224 g/mol. The van der Waals surface area contributed by atoms with Crippen LogP contribution in [0.2, 0.25) is 0 Å². The lowest BCUT2D eigenvalue weighted by molar-refractivity contribution is -0.139. The molecule has 0 aliphatic carbocycles. The minimum Gasteiger partial charge on any atom is -0.480 e. The molecule has 5 N–H and O–H groups in total. The number of carbonyl (C=O) groups is 1. The largest absolute Gasteiger partial charge is 0.480 e. The molecule has 2 aliphatic heterocycles. The van der Waals surface area contributed by atoms with Gasteiger partial charge in [-0.3, -0.25) is 10.1 Å². The molecule has 0 amide bonds. The lowest BCUT2D eigenvalue weighted by Crippen LogP contribution is -2.57. The number of anilines is 1. The summed E-state index contributed by atoms with van der Waals surface area (Å²) in [6.45, 7) is 0. The van der Waals surface area contributed by atoms with Gasteiger partial charge in [0.15, 0.2) is 5.60 Å². The summed E-state index contributed by atoms with van der Waals surface area (Å²) in [6.07, 6.45) is -0.0805. The van der Waals surface area contributed by atoms with Crippen LogP contribution < -0.4 is 10.6 Å². The van der Waals surface area contributed by atoms with Crippen LogP contribution in [0.15, 0.2) is 24.3 Å². The number of nitrogens with one attached hydrogen (secondary N) is 2. The number of rotatable bonds is 1. The van der Waals surface area contributed by atoms with Crippen molar-refractivity contribution in [1.29, 1.82) is 0 Å². The van der Waals surface area contributed by atoms with Crippen molar-refractivity contribution in [2.75, 3.05) is 5.32 Å². The average molecular weight is 236 g/mol. The molecule has 3 atom stereocenters. The summed E-state index contributed by atoms with van der Waals surface area (Å²) < 4.78 is 0. The van der Waals surface area contributed by atoms with Crippen molar-refractivity contribution in [2.45, 2.75) is 23.9 Å². The molecule has 0 saturated carbocycles. The lowest BCUT2D eigenvalue weighted by Gasteiger charge is -2.30. The smallest absolute Gasteiger partial charge is 0.320 e. The fraction of sp³-hybridized carbons (Fsp3) is 0.364. The third-order valence-corrected chi connectivity index (χ3v) is 3.47. The highest BCUT2D eigenvalue weighted by Gasteiger charge is 2.64. The second-order valence-corrected chi connectivity index (χ2v) is 4.48. The van der Waals surface area contributed by atoms with Gasteiger partial charge in [0.2, 0.25) is 5.85 Å². The van der Waals surface area contributed by atoms with Crippen LogP contribution in [-0.2, 0) is 10.4 Å². The highest BCUT2D eigenvalue weighted by molar-refractivity contribution is 5.76. The highest BCUT2D eigenvalue weighted by Crippen LogP contribution is 2.49. The van der Waals surface area contributed by atoms with Crippen molar-refractivity contribution in [3.63, 3.8) is 0 Å². The Morgan fingerprint density at radius 2 is 2.06 bits per heavy atom. The molecule has 3 unspecified atom stereocenters. The van der Waals surface area contributed by atoms with Gasteiger partial charge < -0.3 is 20.6 Å². The quantitative estimate of drug-likeness (QED) is 0.446. The first-order valence-electron chi connectivity index (χ1n) is 5.29. The Morgan fingerprint density at radius 3 is 2.76 bits per heavy atom. The molecular formula is C11H12N2O4. The Labute approximate surface area is 96.9 Å². The van der Waals surface area contributed by atoms with Gasteiger partial charge >= 0.3 is 5.97 Å².